The highest BCUT2D eigenvalue weighted by molar-refractivity contribution is 5.87. The Morgan fingerprint density at radius 2 is 1.87 bits per heavy atom. The van der Waals surface area contributed by atoms with Gasteiger partial charge in [0.2, 0.25) is 0 Å². The van der Waals surface area contributed by atoms with Crippen molar-refractivity contribution in [2.75, 3.05) is 13.7 Å². The second-order valence-corrected chi connectivity index (χ2v) is 14.1. The largest absolute Gasteiger partial charge is 0.493 e. The minimum atomic E-state index is -1.40. The molecule has 1 spiro atoms. The Hall–Kier alpha value is -3.80. The monoisotopic (exact) mass is 643 g/mol. The third-order valence-corrected chi connectivity index (χ3v) is 9.23. The Kier molecular flexibility index (Phi) is 9.07. The molecule has 1 fully saturated rings. The maximum atomic E-state index is 13.3. The molecule has 3 aliphatic carbocycles. The SMILES string of the molecule is COc1ccc2c3c1O[C@H]1C(OC(=O)[C@H](C)OC(=O)C[C@H](NC(=O)OC(C)(C)C)C(=O)OCC(C)C)=CC[C@@]4(O)[C@H](CCC[C@]314)C2. The van der Waals surface area contributed by atoms with Crippen LogP contribution in [-0.4, -0.2) is 72.3 Å². The van der Waals surface area contributed by atoms with E-state index in [9.17, 15) is 24.3 Å². The molecule has 6 atom stereocenters. The fourth-order valence-corrected chi connectivity index (χ4v) is 7.33. The predicted molar refractivity (Wildman–Crippen MR) is 163 cm³/mol. The van der Waals surface area contributed by atoms with Crippen LogP contribution < -0.4 is 14.8 Å². The van der Waals surface area contributed by atoms with Crippen LogP contribution in [0.15, 0.2) is 24.0 Å². The summed E-state index contributed by atoms with van der Waals surface area (Å²) in [6.07, 6.45) is 1.48. The minimum Gasteiger partial charge on any atom is -0.493 e. The second kappa shape index (κ2) is 12.4. The first-order valence-electron chi connectivity index (χ1n) is 16.0. The molecule has 1 saturated carbocycles. The van der Waals surface area contributed by atoms with Gasteiger partial charge in [-0.25, -0.2) is 14.4 Å². The molecule has 4 aliphatic rings. The molecule has 2 N–H and O–H groups in total. The van der Waals surface area contributed by atoms with Gasteiger partial charge in [0.25, 0.3) is 0 Å². The van der Waals surface area contributed by atoms with Gasteiger partial charge in [-0.05, 0) is 82.9 Å². The summed E-state index contributed by atoms with van der Waals surface area (Å²) in [7, 11) is 1.56. The van der Waals surface area contributed by atoms with Gasteiger partial charge in [0.1, 0.15) is 17.4 Å². The highest BCUT2D eigenvalue weighted by Crippen LogP contribution is 2.67. The molecule has 46 heavy (non-hydrogen) atoms. The summed E-state index contributed by atoms with van der Waals surface area (Å²) >= 11 is 0. The van der Waals surface area contributed by atoms with Gasteiger partial charge in [-0.3, -0.25) is 4.79 Å². The van der Waals surface area contributed by atoms with Crippen molar-refractivity contribution in [3.05, 3.63) is 35.1 Å². The van der Waals surface area contributed by atoms with Gasteiger partial charge in [0, 0.05) is 5.56 Å². The van der Waals surface area contributed by atoms with Gasteiger partial charge in [-0.1, -0.05) is 26.3 Å². The number of methoxy groups -OCH3 is 1. The molecule has 12 nitrogen and oxygen atoms in total. The zero-order valence-corrected chi connectivity index (χ0v) is 27.6. The van der Waals surface area contributed by atoms with E-state index >= 15 is 0 Å². The van der Waals surface area contributed by atoms with E-state index < -0.39 is 65.3 Å². The molecule has 1 aromatic rings. The van der Waals surface area contributed by atoms with Crippen molar-refractivity contribution >= 4 is 24.0 Å². The fraction of sp³-hybridized carbons (Fsp3) is 0.647. The molecule has 0 aromatic heterocycles. The van der Waals surface area contributed by atoms with E-state index in [0.717, 1.165) is 30.4 Å². The summed E-state index contributed by atoms with van der Waals surface area (Å²) in [5.41, 5.74) is -0.706. The fourth-order valence-electron chi connectivity index (χ4n) is 7.33. The number of alkyl carbamates (subject to hydrolysis) is 1. The lowest BCUT2D eigenvalue weighted by Crippen LogP contribution is -2.67. The number of carbonyl (C=O) groups is 4. The van der Waals surface area contributed by atoms with Crippen molar-refractivity contribution in [3.63, 3.8) is 0 Å². The number of rotatable bonds is 10. The second-order valence-electron chi connectivity index (χ2n) is 14.1. The van der Waals surface area contributed by atoms with Crippen LogP contribution in [0.1, 0.15) is 84.8 Å². The number of aliphatic hydroxyl groups is 1. The van der Waals surface area contributed by atoms with Crippen LogP contribution in [0, 0.1) is 11.8 Å². The van der Waals surface area contributed by atoms with Gasteiger partial charge in [-0.2, -0.15) is 0 Å². The molecule has 1 aliphatic heterocycles. The Balaban J connectivity index is 1.29. The maximum Gasteiger partial charge on any atom is 0.408 e. The van der Waals surface area contributed by atoms with Gasteiger partial charge in [-0.15, -0.1) is 0 Å². The van der Waals surface area contributed by atoms with Crippen LogP contribution in [0.2, 0.25) is 0 Å². The average molecular weight is 644 g/mol. The third kappa shape index (κ3) is 6.03. The number of hydrogen-bond donors (Lipinski definition) is 2. The molecule has 0 unspecified atom stereocenters. The zero-order chi connectivity index (χ0) is 33.6. The van der Waals surface area contributed by atoms with Crippen molar-refractivity contribution < 1.29 is 52.7 Å². The Morgan fingerprint density at radius 3 is 2.54 bits per heavy atom. The van der Waals surface area contributed by atoms with E-state index in [1.54, 1.807) is 34.0 Å². The van der Waals surface area contributed by atoms with E-state index in [4.69, 9.17) is 28.4 Å². The van der Waals surface area contributed by atoms with Crippen molar-refractivity contribution in [2.24, 2.45) is 11.8 Å². The Labute approximate surface area is 269 Å². The molecule has 12 heteroatoms. The van der Waals surface area contributed by atoms with Crippen LogP contribution in [0.3, 0.4) is 0 Å². The van der Waals surface area contributed by atoms with Gasteiger partial charge >= 0.3 is 24.0 Å². The summed E-state index contributed by atoms with van der Waals surface area (Å²) in [4.78, 5) is 51.4. The van der Waals surface area contributed by atoms with Crippen molar-refractivity contribution in [2.45, 2.75) is 115 Å². The Bertz CT molecular complexity index is 1430. The number of esters is 3. The quantitative estimate of drug-likeness (QED) is 0.280. The highest BCUT2D eigenvalue weighted by atomic mass is 16.6. The van der Waals surface area contributed by atoms with E-state index in [1.807, 2.05) is 26.0 Å². The van der Waals surface area contributed by atoms with Gasteiger partial charge < -0.3 is 38.8 Å². The molecule has 1 heterocycles. The molecule has 0 saturated heterocycles. The van der Waals surface area contributed by atoms with Crippen molar-refractivity contribution in [1.29, 1.82) is 0 Å². The molecule has 5 rings (SSSR count). The van der Waals surface area contributed by atoms with Gasteiger partial charge in [0.15, 0.2) is 23.7 Å². The summed E-state index contributed by atoms with van der Waals surface area (Å²) in [5, 5.41) is 14.6. The summed E-state index contributed by atoms with van der Waals surface area (Å²) in [6, 6.07) is 2.49. The van der Waals surface area contributed by atoms with Crippen LogP contribution in [0.5, 0.6) is 11.5 Å². The number of hydrogen-bond acceptors (Lipinski definition) is 11. The predicted octanol–water partition coefficient (Wildman–Crippen LogP) is 4.03. The third-order valence-electron chi connectivity index (χ3n) is 9.23. The highest BCUT2D eigenvalue weighted by Gasteiger charge is 2.71. The molecular weight excluding hydrogens is 598 g/mol. The first kappa shape index (κ1) is 33.6. The van der Waals surface area contributed by atoms with Crippen LogP contribution >= 0.6 is 0 Å². The lowest BCUT2D eigenvalue weighted by Gasteiger charge is -2.59. The Morgan fingerprint density at radius 1 is 1.13 bits per heavy atom. The molecule has 1 amide bonds. The topological polar surface area (TPSA) is 156 Å². The lowest BCUT2D eigenvalue weighted by molar-refractivity contribution is -0.171. The van der Waals surface area contributed by atoms with Gasteiger partial charge in [0.05, 0.1) is 31.2 Å². The number of benzene rings is 1. The summed E-state index contributed by atoms with van der Waals surface area (Å²) < 4.78 is 33.8. The van der Waals surface area contributed by atoms with Crippen LogP contribution in [0.25, 0.3) is 0 Å². The number of carbonyl (C=O) groups excluding carboxylic acids is 4. The molecule has 2 bridgehead atoms. The molecular formula is C34H45NO11. The van der Waals surface area contributed by atoms with E-state index in [-0.39, 0.29) is 30.6 Å². The number of amides is 1. The van der Waals surface area contributed by atoms with E-state index in [2.05, 4.69) is 5.32 Å². The summed E-state index contributed by atoms with van der Waals surface area (Å²) in [6.45, 7) is 10.1. The minimum absolute atomic E-state index is 0.0231. The molecule has 252 valence electrons. The number of ether oxygens (including phenoxy) is 6. The normalized spacial score (nSPS) is 26.8. The van der Waals surface area contributed by atoms with Crippen molar-refractivity contribution in [3.8, 4) is 11.5 Å². The maximum absolute atomic E-state index is 13.3. The summed E-state index contributed by atoms with van der Waals surface area (Å²) in [5.74, 6) is -1.22. The molecule has 0 radical (unpaired) electrons. The molecule has 1 aromatic carbocycles. The zero-order valence-electron chi connectivity index (χ0n) is 27.6. The van der Waals surface area contributed by atoms with Crippen LogP contribution in [-0.2, 0) is 45.2 Å². The smallest absolute Gasteiger partial charge is 0.408 e. The van der Waals surface area contributed by atoms with Crippen molar-refractivity contribution in [1.82, 2.24) is 5.32 Å². The standard InChI is InChI=1S/C34H45NO11/c1-18(2)17-42-30(38)22(35-31(39)46-32(4,5)6)16-25(36)43-19(3)29(37)44-24-12-14-34(40)21-9-8-13-33(34)26-20(15-21)10-11-23(41-7)27(26)45-28(24)33/h10-12,18-19,21-22,28,40H,8-9,13-17H2,1-7H3,(H,35,39)/t19-,21+,22-,28-,33-,34+/m0/s1. The lowest BCUT2D eigenvalue weighted by atomic mass is 9.47. The number of nitrogens with one attached hydrogen (secondary N) is 1. The van der Waals surface area contributed by atoms with Crippen LogP contribution in [0.4, 0.5) is 4.79 Å². The van der Waals surface area contributed by atoms with E-state index in [0.29, 0.717) is 17.9 Å². The first-order valence-corrected chi connectivity index (χ1v) is 16.0. The average Bonchev–Trinajstić information content (AvgIpc) is 3.31. The first-order chi connectivity index (χ1) is 21.6. The van der Waals surface area contributed by atoms with E-state index in [1.165, 1.54) is 6.92 Å².